The molecule has 6 unspecified atom stereocenters. The Balaban J connectivity index is 1.43. The third-order valence-corrected chi connectivity index (χ3v) is 7.74. The van der Waals surface area contributed by atoms with Gasteiger partial charge in [0.2, 0.25) is 0 Å². The van der Waals surface area contributed by atoms with E-state index in [2.05, 4.69) is 32.9 Å². The highest BCUT2D eigenvalue weighted by molar-refractivity contribution is 5.14. The monoisotopic (exact) mass is 314 g/mol. The first-order valence-corrected chi connectivity index (χ1v) is 10.2. The fraction of sp³-hybridized carbons (Fsp3) is 0.818. The van der Waals surface area contributed by atoms with Crippen molar-refractivity contribution in [1.29, 1.82) is 0 Å². The van der Waals surface area contributed by atoms with E-state index in [1.54, 1.807) is 0 Å². The molecular weight excluding hydrogens is 280 g/mol. The average molecular weight is 315 g/mol. The lowest BCUT2D eigenvalue weighted by atomic mass is 9.69. The van der Waals surface area contributed by atoms with Crippen LogP contribution in [-0.4, -0.2) is 0 Å². The smallest absolute Gasteiger partial charge is 0.107 e. The van der Waals surface area contributed by atoms with E-state index < -0.39 is 0 Å². The molecule has 23 heavy (non-hydrogen) atoms. The predicted molar refractivity (Wildman–Crippen MR) is 95.4 cm³/mol. The van der Waals surface area contributed by atoms with Gasteiger partial charge in [0.25, 0.3) is 0 Å². The van der Waals surface area contributed by atoms with Gasteiger partial charge >= 0.3 is 0 Å². The number of furan rings is 1. The zero-order valence-corrected chi connectivity index (χ0v) is 15.3. The van der Waals surface area contributed by atoms with Gasteiger partial charge in [-0.2, -0.15) is 0 Å². The van der Waals surface area contributed by atoms with E-state index in [0.717, 1.165) is 41.3 Å². The summed E-state index contributed by atoms with van der Waals surface area (Å²) in [6.45, 7) is 7.03. The molecule has 3 aliphatic rings. The Morgan fingerprint density at radius 2 is 1.74 bits per heavy atom. The summed E-state index contributed by atoms with van der Waals surface area (Å²) >= 11 is 0. The Morgan fingerprint density at radius 1 is 0.957 bits per heavy atom. The fourth-order valence-corrected chi connectivity index (χ4v) is 6.45. The largest absolute Gasteiger partial charge is 0.466 e. The van der Waals surface area contributed by atoms with Crippen molar-refractivity contribution in [3.05, 3.63) is 23.7 Å². The SMILES string of the molecule is Cc1ccc(C2CCCC3C(CC4CC(C)C(C)C4)CCC23)o1. The first kappa shape index (κ1) is 15.8. The minimum atomic E-state index is 0.717. The molecule has 1 heterocycles. The summed E-state index contributed by atoms with van der Waals surface area (Å²) in [4.78, 5) is 0. The maximum Gasteiger partial charge on any atom is 0.107 e. The Labute approximate surface area is 142 Å². The van der Waals surface area contributed by atoms with Crippen LogP contribution in [0.2, 0.25) is 0 Å². The molecule has 0 amide bonds. The molecule has 3 aliphatic carbocycles. The van der Waals surface area contributed by atoms with E-state index in [1.165, 1.54) is 57.1 Å². The predicted octanol–water partition coefficient (Wildman–Crippen LogP) is 6.57. The Bertz CT molecular complexity index is 520. The molecule has 3 fully saturated rings. The molecule has 128 valence electrons. The molecule has 1 aromatic rings. The molecule has 1 nitrogen and oxygen atoms in total. The van der Waals surface area contributed by atoms with Crippen LogP contribution in [0.3, 0.4) is 0 Å². The molecule has 0 N–H and O–H groups in total. The Kier molecular flexibility index (Phi) is 4.32. The lowest BCUT2D eigenvalue weighted by molar-refractivity contribution is 0.167. The van der Waals surface area contributed by atoms with Gasteiger partial charge in [-0.05, 0) is 99.5 Å². The van der Waals surface area contributed by atoms with Crippen LogP contribution in [0.5, 0.6) is 0 Å². The number of hydrogen-bond acceptors (Lipinski definition) is 1. The number of rotatable bonds is 3. The van der Waals surface area contributed by atoms with Gasteiger partial charge in [0.15, 0.2) is 0 Å². The fourth-order valence-electron chi connectivity index (χ4n) is 6.45. The molecule has 6 atom stereocenters. The molecule has 0 radical (unpaired) electrons. The number of hydrogen-bond donors (Lipinski definition) is 0. The third kappa shape index (κ3) is 3.01. The summed E-state index contributed by atoms with van der Waals surface area (Å²) < 4.78 is 6.03. The minimum Gasteiger partial charge on any atom is -0.466 e. The highest BCUT2D eigenvalue weighted by atomic mass is 16.3. The topological polar surface area (TPSA) is 13.1 Å². The molecular formula is C22H34O. The van der Waals surface area contributed by atoms with Crippen LogP contribution < -0.4 is 0 Å². The van der Waals surface area contributed by atoms with Crippen molar-refractivity contribution in [3.63, 3.8) is 0 Å². The van der Waals surface area contributed by atoms with Crippen molar-refractivity contribution < 1.29 is 4.42 Å². The lowest BCUT2D eigenvalue weighted by Crippen LogP contribution is -2.26. The average Bonchev–Trinajstić information content (AvgIpc) is 3.21. The van der Waals surface area contributed by atoms with Crippen LogP contribution in [0, 0.1) is 42.4 Å². The third-order valence-electron chi connectivity index (χ3n) is 7.74. The molecule has 1 aromatic heterocycles. The molecule has 4 rings (SSSR count). The molecule has 0 bridgehead atoms. The summed E-state index contributed by atoms with van der Waals surface area (Å²) in [5.74, 6) is 8.96. The Morgan fingerprint density at radius 3 is 2.43 bits per heavy atom. The van der Waals surface area contributed by atoms with Crippen LogP contribution in [0.25, 0.3) is 0 Å². The van der Waals surface area contributed by atoms with Crippen LogP contribution in [0.15, 0.2) is 16.5 Å². The van der Waals surface area contributed by atoms with E-state index >= 15 is 0 Å². The summed E-state index contributed by atoms with van der Waals surface area (Å²) in [7, 11) is 0. The standard InChI is InChI=1S/C22H34O/c1-14-11-17(12-15(14)2)13-18-8-9-20-19(18)5-4-6-21(20)22-10-7-16(3)23-22/h7,10,14-15,17-21H,4-6,8-9,11-13H2,1-3H3. The first-order valence-electron chi connectivity index (χ1n) is 10.2. The maximum atomic E-state index is 6.03. The van der Waals surface area contributed by atoms with Gasteiger partial charge in [-0.1, -0.05) is 20.3 Å². The van der Waals surface area contributed by atoms with Crippen molar-refractivity contribution >= 4 is 0 Å². The van der Waals surface area contributed by atoms with Crippen LogP contribution >= 0.6 is 0 Å². The van der Waals surface area contributed by atoms with Gasteiger partial charge in [-0.25, -0.2) is 0 Å². The van der Waals surface area contributed by atoms with E-state index in [4.69, 9.17) is 4.42 Å². The lowest BCUT2D eigenvalue weighted by Gasteiger charge is -2.36. The normalized spacial score (nSPS) is 43.7. The quantitative estimate of drug-likeness (QED) is 0.615. The highest BCUT2D eigenvalue weighted by Crippen LogP contribution is 2.55. The van der Waals surface area contributed by atoms with Crippen molar-refractivity contribution in [2.45, 2.75) is 78.1 Å². The summed E-state index contributed by atoms with van der Waals surface area (Å²) in [5.41, 5.74) is 0. The van der Waals surface area contributed by atoms with E-state index in [0.29, 0.717) is 5.92 Å². The molecule has 0 aliphatic heterocycles. The molecule has 1 heteroatoms. The summed E-state index contributed by atoms with van der Waals surface area (Å²) in [5, 5.41) is 0. The van der Waals surface area contributed by atoms with Crippen molar-refractivity contribution in [1.82, 2.24) is 0 Å². The number of fused-ring (bicyclic) bond motifs is 1. The second kappa shape index (κ2) is 6.30. The summed E-state index contributed by atoms with van der Waals surface area (Å²) in [6.07, 6.45) is 11.7. The van der Waals surface area contributed by atoms with E-state index in [9.17, 15) is 0 Å². The zero-order chi connectivity index (χ0) is 16.0. The molecule has 3 saturated carbocycles. The van der Waals surface area contributed by atoms with Gasteiger partial charge < -0.3 is 4.42 Å². The van der Waals surface area contributed by atoms with Gasteiger partial charge in [0, 0.05) is 5.92 Å². The van der Waals surface area contributed by atoms with E-state index in [-0.39, 0.29) is 0 Å². The molecule has 0 aromatic carbocycles. The van der Waals surface area contributed by atoms with Gasteiger partial charge in [0.05, 0.1) is 0 Å². The van der Waals surface area contributed by atoms with Gasteiger partial charge in [-0.3, -0.25) is 0 Å². The van der Waals surface area contributed by atoms with Gasteiger partial charge in [-0.15, -0.1) is 0 Å². The minimum absolute atomic E-state index is 0.717. The first-order chi connectivity index (χ1) is 11.1. The summed E-state index contributed by atoms with van der Waals surface area (Å²) in [6, 6.07) is 4.42. The van der Waals surface area contributed by atoms with Crippen molar-refractivity contribution in [2.75, 3.05) is 0 Å². The second-order valence-corrected chi connectivity index (χ2v) is 9.18. The molecule has 0 spiro atoms. The zero-order valence-electron chi connectivity index (χ0n) is 15.3. The van der Waals surface area contributed by atoms with Crippen LogP contribution in [0.1, 0.15) is 82.7 Å². The highest BCUT2D eigenvalue weighted by Gasteiger charge is 2.44. The Hall–Kier alpha value is -0.720. The van der Waals surface area contributed by atoms with Crippen molar-refractivity contribution in [3.8, 4) is 0 Å². The van der Waals surface area contributed by atoms with Crippen molar-refractivity contribution in [2.24, 2.45) is 35.5 Å². The van der Waals surface area contributed by atoms with Crippen LogP contribution in [0.4, 0.5) is 0 Å². The van der Waals surface area contributed by atoms with Gasteiger partial charge in [0.1, 0.15) is 11.5 Å². The number of aryl methyl sites for hydroxylation is 1. The molecule has 0 saturated heterocycles. The van der Waals surface area contributed by atoms with Crippen LogP contribution in [-0.2, 0) is 0 Å². The van der Waals surface area contributed by atoms with E-state index in [1.807, 2.05) is 0 Å². The second-order valence-electron chi connectivity index (χ2n) is 9.18. The maximum absolute atomic E-state index is 6.03.